The summed E-state index contributed by atoms with van der Waals surface area (Å²) < 4.78 is 13.6. The molecule has 0 radical (unpaired) electrons. The van der Waals surface area contributed by atoms with Gasteiger partial charge in [-0.05, 0) is 36.6 Å². The van der Waals surface area contributed by atoms with Crippen molar-refractivity contribution in [3.8, 4) is 11.5 Å². The van der Waals surface area contributed by atoms with Gasteiger partial charge >= 0.3 is 0 Å². The van der Waals surface area contributed by atoms with Crippen molar-refractivity contribution >= 4 is 0 Å². The number of ether oxygens (including phenoxy) is 2. The van der Waals surface area contributed by atoms with E-state index in [-0.39, 0.29) is 6.10 Å². The lowest BCUT2D eigenvalue weighted by Crippen LogP contribution is -2.25. The van der Waals surface area contributed by atoms with Crippen molar-refractivity contribution < 1.29 is 9.47 Å². The zero-order valence-electron chi connectivity index (χ0n) is 17.3. The van der Waals surface area contributed by atoms with Crippen molar-refractivity contribution in [3.63, 3.8) is 0 Å². The van der Waals surface area contributed by atoms with Crippen LogP contribution in [-0.4, -0.2) is 34.2 Å². The number of imidazole rings is 1. The molecule has 152 valence electrons. The number of aryl methyl sites for hydroxylation is 1. The molecule has 4 rings (SSSR count). The molecule has 0 saturated carbocycles. The van der Waals surface area contributed by atoms with E-state index in [0.29, 0.717) is 0 Å². The Bertz CT molecular complexity index is 924. The van der Waals surface area contributed by atoms with Gasteiger partial charge < -0.3 is 14.0 Å². The second-order valence-corrected chi connectivity index (χ2v) is 7.75. The molecule has 0 unspecified atom stereocenters. The van der Waals surface area contributed by atoms with Crippen molar-refractivity contribution in [2.45, 2.75) is 45.5 Å². The van der Waals surface area contributed by atoms with E-state index in [1.165, 1.54) is 16.7 Å². The molecular formula is C24H29N3O2. The molecule has 1 aliphatic rings. The standard InChI is InChI=1S/C24H29N3O2/c1-19-14-22-15-20(8-9-24(22)29-19)16-27(12-5-11-26-13-10-25-18-26)17-21-6-3-4-7-23(21)28-2/h3-4,6-10,13,15,18-19H,5,11-12,14,16-17H2,1-2H3/t19-/m0/s1. The summed E-state index contributed by atoms with van der Waals surface area (Å²) in [5, 5.41) is 0. The maximum Gasteiger partial charge on any atom is 0.123 e. The van der Waals surface area contributed by atoms with Crippen LogP contribution in [0.5, 0.6) is 11.5 Å². The quantitative estimate of drug-likeness (QED) is 0.545. The summed E-state index contributed by atoms with van der Waals surface area (Å²) in [5.41, 5.74) is 3.88. The second kappa shape index (κ2) is 9.14. The summed E-state index contributed by atoms with van der Waals surface area (Å²) in [6.07, 6.45) is 8.08. The van der Waals surface area contributed by atoms with E-state index < -0.39 is 0 Å². The fourth-order valence-electron chi connectivity index (χ4n) is 4.02. The van der Waals surface area contributed by atoms with Crippen LogP contribution in [-0.2, 0) is 26.1 Å². The van der Waals surface area contributed by atoms with Crippen molar-refractivity contribution in [1.82, 2.24) is 14.5 Å². The predicted octanol–water partition coefficient (Wildman–Crippen LogP) is 4.31. The number of benzene rings is 2. The van der Waals surface area contributed by atoms with Crippen molar-refractivity contribution in [2.24, 2.45) is 0 Å². The van der Waals surface area contributed by atoms with Crippen LogP contribution in [0.1, 0.15) is 30.0 Å². The Morgan fingerprint density at radius 3 is 2.93 bits per heavy atom. The monoisotopic (exact) mass is 391 g/mol. The van der Waals surface area contributed by atoms with Gasteiger partial charge in [0.1, 0.15) is 17.6 Å². The van der Waals surface area contributed by atoms with Gasteiger partial charge in [0.25, 0.3) is 0 Å². The van der Waals surface area contributed by atoms with Gasteiger partial charge in [0.15, 0.2) is 0 Å². The molecule has 0 N–H and O–H groups in total. The van der Waals surface area contributed by atoms with Crippen molar-refractivity contribution in [2.75, 3.05) is 13.7 Å². The second-order valence-electron chi connectivity index (χ2n) is 7.75. The number of nitrogens with zero attached hydrogens (tertiary/aromatic N) is 3. The third-order valence-electron chi connectivity index (χ3n) is 5.40. The molecule has 2 aromatic carbocycles. The molecule has 2 heterocycles. The van der Waals surface area contributed by atoms with E-state index in [1.807, 2.05) is 30.9 Å². The third kappa shape index (κ3) is 4.98. The molecule has 0 spiro atoms. The highest BCUT2D eigenvalue weighted by Gasteiger charge is 2.19. The van der Waals surface area contributed by atoms with E-state index in [9.17, 15) is 0 Å². The zero-order chi connectivity index (χ0) is 20.1. The van der Waals surface area contributed by atoms with Crippen LogP contribution >= 0.6 is 0 Å². The molecular weight excluding hydrogens is 362 g/mol. The van der Waals surface area contributed by atoms with Crippen molar-refractivity contribution in [1.29, 1.82) is 0 Å². The topological polar surface area (TPSA) is 39.5 Å². The lowest BCUT2D eigenvalue weighted by molar-refractivity contribution is 0.244. The zero-order valence-corrected chi connectivity index (χ0v) is 17.3. The number of rotatable bonds is 9. The maximum atomic E-state index is 5.86. The average molecular weight is 392 g/mol. The summed E-state index contributed by atoms with van der Waals surface area (Å²) in [6, 6.07) is 14.9. The summed E-state index contributed by atoms with van der Waals surface area (Å²) in [6.45, 7) is 5.86. The lowest BCUT2D eigenvalue weighted by Gasteiger charge is -2.24. The first kappa shape index (κ1) is 19.5. The van der Waals surface area contributed by atoms with Gasteiger partial charge in [-0.15, -0.1) is 0 Å². The lowest BCUT2D eigenvalue weighted by atomic mass is 10.1. The average Bonchev–Trinajstić information content (AvgIpc) is 3.36. The smallest absolute Gasteiger partial charge is 0.123 e. The number of aromatic nitrogens is 2. The molecule has 1 aliphatic heterocycles. The number of hydrogen-bond donors (Lipinski definition) is 0. The molecule has 0 saturated heterocycles. The van der Waals surface area contributed by atoms with Crippen LogP contribution in [0.15, 0.2) is 61.2 Å². The highest BCUT2D eigenvalue weighted by molar-refractivity contribution is 5.40. The predicted molar refractivity (Wildman–Crippen MR) is 114 cm³/mol. The van der Waals surface area contributed by atoms with E-state index in [4.69, 9.17) is 9.47 Å². The molecule has 3 aromatic rings. The molecule has 1 aromatic heterocycles. The maximum absolute atomic E-state index is 5.86. The van der Waals surface area contributed by atoms with Gasteiger partial charge in [-0.1, -0.05) is 30.3 Å². The molecule has 0 fully saturated rings. The fraction of sp³-hybridized carbons (Fsp3) is 0.375. The SMILES string of the molecule is COc1ccccc1CN(CCCn1ccnc1)Cc1ccc2c(c1)C[C@H](C)O2. The third-order valence-corrected chi connectivity index (χ3v) is 5.40. The van der Waals surface area contributed by atoms with Crippen LogP contribution in [0.4, 0.5) is 0 Å². The van der Waals surface area contributed by atoms with Gasteiger partial charge in [-0.3, -0.25) is 4.90 Å². The minimum absolute atomic E-state index is 0.278. The van der Waals surface area contributed by atoms with Gasteiger partial charge in [-0.2, -0.15) is 0 Å². The molecule has 5 nitrogen and oxygen atoms in total. The van der Waals surface area contributed by atoms with Crippen LogP contribution in [0.25, 0.3) is 0 Å². The van der Waals surface area contributed by atoms with Crippen LogP contribution in [0, 0.1) is 0 Å². The van der Waals surface area contributed by atoms with Crippen LogP contribution in [0.2, 0.25) is 0 Å². The van der Waals surface area contributed by atoms with E-state index in [2.05, 4.69) is 51.7 Å². The highest BCUT2D eigenvalue weighted by Crippen LogP contribution is 2.30. The Kier molecular flexibility index (Phi) is 6.15. The number of para-hydroxylation sites is 1. The fourth-order valence-corrected chi connectivity index (χ4v) is 4.02. The first-order valence-corrected chi connectivity index (χ1v) is 10.3. The summed E-state index contributed by atoms with van der Waals surface area (Å²) in [5.74, 6) is 1.99. The summed E-state index contributed by atoms with van der Waals surface area (Å²) >= 11 is 0. The molecule has 29 heavy (non-hydrogen) atoms. The van der Waals surface area contributed by atoms with Gasteiger partial charge in [0.2, 0.25) is 0 Å². The number of methoxy groups -OCH3 is 1. The Labute approximate surface area is 172 Å². The molecule has 0 amide bonds. The Morgan fingerprint density at radius 2 is 2.10 bits per heavy atom. The Balaban J connectivity index is 1.47. The van der Waals surface area contributed by atoms with E-state index in [1.54, 1.807) is 7.11 Å². The van der Waals surface area contributed by atoms with E-state index >= 15 is 0 Å². The largest absolute Gasteiger partial charge is 0.496 e. The molecule has 5 heteroatoms. The minimum Gasteiger partial charge on any atom is -0.496 e. The van der Waals surface area contributed by atoms with E-state index in [0.717, 1.165) is 50.5 Å². The van der Waals surface area contributed by atoms with Crippen LogP contribution < -0.4 is 9.47 Å². The van der Waals surface area contributed by atoms with Crippen molar-refractivity contribution in [3.05, 3.63) is 77.9 Å². The number of fused-ring (bicyclic) bond motifs is 1. The number of hydrogen-bond acceptors (Lipinski definition) is 4. The Morgan fingerprint density at radius 1 is 1.21 bits per heavy atom. The first-order valence-electron chi connectivity index (χ1n) is 10.3. The van der Waals surface area contributed by atoms with Crippen LogP contribution in [0.3, 0.4) is 0 Å². The van der Waals surface area contributed by atoms with Gasteiger partial charge in [-0.25, -0.2) is 4.98 Å². The summed E-state index contributed by atoms with van der Waals surface area (Å²) in [7, 11) is 1.74. The Hall–Kier alpha value is -2.79. The van der Waals surface area contributed by atoms with Gasteiger partial charge in [0, 0.05) is 50.6 Å². The molecule has 0 bridgehead atoms. The first-order chi connectivity index (χ1) is 14.2. The minimum atomic E-state index is 0.278. The highest BCUT2D eigenvalue weighted by atomic mass is 16.5. The molecule has 1 atom stereocenters. The summed E-state index contributed by atoms with van der Waals surface area (Å²) in [4.78, 5) is 6.63. The normalized spacial score (nSPS) is 15.3. The van der Waals surface area contributed by atoms with Gasteiger partial charge in [0.05, 0.1) is 13.4 Å². The molecule has 0 aliphatic carbocycles.